The van der Waals surface area contributed by atoms with Crippen molar-refractivity contribution in [2.24, 2.45) is 5.41 Å². The number of carbonyl (C=O) groups excluding carboxylic acids is 1. The number of carbonyl (C=O) groups is 1. The summed E-state index contributed by atoms with van der Waals surface area (Å²) >= 11 is 0. The minimum atomic E-state index is -0.121. The predicted octanol–water partition coefficient (Wildman–Crippen LogP) is 2.07. The first-order valence-electron chi connectivity index (χ1n) is 5.45. The molecule has 1 aromatic rings. The quantitative estimate of drug-likeness (QED) is 0.783. The molecule has 0 aliphatic rings. The maximum atomic E-state index is 12.0. The molecule has 0 aliphatic heterocycles. The average molecular weight is 231 g/mol. The summed E-state index contributed by atoms with van der Waals surface area (Å²) in [5.74, 6) is -0.121. The monoisotopic (exact) mass is 231 g/mol. The zero-order chi connectivity index (χ0) is 13.1. The fourth-order valence-electron chi connectivity index (χ4n) is 1.57. The molecule has 90 valence electrons. The van der Waals surface area contributed by atoms with Gasteiger partial charge in [0, 0.05) is 19.8 Å². The predicted molar refractivity (Wildman–Crippen MR) is 65.4 cm³/mol. The summed E-state index contributed by atoms with van der Waals surface area (Å²) in [5.41, 5.74) is 0.882. The molecule has 0 radical (unpaired) electrons. The van der Waals surface area contributed by atoms with Gasteiger partial charge in [-0.3, -0.25) is 4.79 Å². The van der Waals surface area contributed by atoms with Crippen LogP contribution in [0.2, 0.25) is 0 Å². The molecule has 0 N–H and O–H groups in total. The third kappa shape index (κ3) is 3.87. The van der Waals surface area contributed by atoms with Crippen molar-refractivity contribution in [2.75, 3.05) is 13.6 Å². The second-order valence-corrected chi connectivity index (χ2v) is 5.27. The van der Waals surface area contributed by atoms with E-state index in [1.807, 2.05) is 6.07 Å². The molecule has 17 heavy (non-hydrogen) atoms. The molecule has 0 atom stereocenters. The summed E-state index contributed by atoms with van der Waals surface area (Å²) in [6, 6.07) is 5.16. The largest absolute Gasteiger partial charge is 0.340 e. The number of nitriles is 1. The van der Waals surface area contributed by atoms with Crippen LogP contribution in [0.4, 0.5) is 0 Å². The molecule has 0 bridgehead atoms. The van der Waals surface area contributed by atoms with E-state index in [0.717, 1.165) is 0 Å². The van der Waals surface area contributed by atoms with Crippen LogP contribution in [0.1, 0.15) is 36.8 Å². The third-order valence-electron chi connectivity index (χ3n) is 2.17. The SMILES string of the molecule is CN(CC(C)(C)C)C(=O)c1ccc(C#N)cn1. The van der Waals surface area contributed by atoms with Crippen molar-refractivity contribution in [3.05, 3.63) is 29.6 Å². The molecule has 4 heteroatoms. The number of pyridine rings is 1. The van der Waals surface area contributed by atoms with E-state index in [1.165, 1.54) is 6.20 Å². The van der Waals surface area contributed by atoms with Crippen LogP contribution < -0.4 is 0 Å². The highest BCUT2D eigenvalue weighted by atomic mass is 16.2. The van der Waals surface area contributed by atoms with Crippen molar-refractivity contribution in [3.8, 4) is 6.07 Å². The Kier molecular flexibility index (Phi) is 3.84. The summed E-state index contributed by atoms with van der Waals surface area (Å²) in [4.78, 5) is 17.6. The Balaban J connectivity index is 2.79. The summed E-state index contributed by atoms with van der Waals surface area (Å²) in [7, 11) is 1.76. The highest BCUT2D eigenvalue weighted by molar-refractivity contribution is 5.92. The van der Waals surface area contributed by atoms with Gasteiger partial charge in [0.2, 0.25) is 0 Å². The summed E-state index contributed by atoms with van der Waals surface area (Å²) in [5, 5.41) is 8.64. The third-order valence-corrected chi connectivity index (χ3v) is 2.17. The van der Waals surface area contributed by atoms with E-state index in [-0.39, 0.29) is 11.3 Å². The molecule has 1 amide bonds. The minimum absolute atomic E-state index is 0.0526. The van der Waals surface area contributed by atoms with Crippen LogP contribution in [-0.4, -0.2) is 29.4 Å². The number of rotatable bonds is 2. The Morgan fingerprint density at radius 1 is 1.47 bits per heavy atom. The normalized spacial score (nSPS) is 10.8. The van der Waals surface area contributed by atoms with E-state index in [0.29, 0.717) is 17.8 Å². The van der Waals surface area contributed by atoms with Crippen molar-refractivity contribution in [1.29, 1.82) is 5.26 Å². The van der Waals surface area contributed by atoms with Crippen molar-refractivity contribution in [1.82, 2.24) is 9.88 Å². The van der Waals surface area contributed by atoms with Crippen LogP contribution in [0.3, 0.4) is 0 Å². The second kappa shape index (κ2) is 4.96. The first-order valence-corrected chi connectivity index (χ1v) is 5.45. The maximum absolute atomic E-state index is 12.0. The highest BCUT2D eigenvalue weighted by Crippen LogP contribution is 2.15. The molecule has 0 unspecified atom stereocenters. The number of nitrogens with zero attached hydrogens (tertiary/aromatic N) is 3. The van der Waals surface area contributed by atoms with Gasteiger partial charge in [-0.15, -0.1) is 0 Å². The van der Waals surface area contributed by atoms with Crippen molar-refractivity contribution >= 4 is 5.91 Å². The lowest BCUT2D eigenvalue weighted by molar-refractivity contribution is 0.0740. The van der Waals surface area contributed by atoms with Crippen LogP contribution in [-0.2, 0) is 0 Å². The van der Waals surface area contributed by atoms with Gasteiger partial charge in [0.1, 0.15) is 11.8 Å². The lowest BCUT2D eigenvalue weighted by Gasteiger charge is -2.26. The second-order valence-electron chi connectivity index (χ2n) is 5.27. The molecule has 1 rings (SSSR count). The molecule has 0 spiro atoms. The van der Waals surface area contributed by atoms with Gasteiger partial charge < -0.3 is 4.90 Å². The molecular formula is C13H17N3O. The molecule has 0 fully saturated rings. The van der Waals surface area contributed by atoms with Gasteiger partial charge in [-0.1, -0.05) is 20.8 Å². The summed E-state index contributed by atoms with van der Waals surface area (Å²) < 4.78 is 0. The van der Waals surface area contributed by atoms with Crippen LogP contribution in [0.25, 0.3) is 0 Å². The molecule has 4 nitrogen and oxygen atoms in total. The van der Waals surface area contributed by atoms with Gasteiger partial charge in [-0.05, 0) is 17.5 Å². The molecular weight excluding hydrogens is 214 g/mol. The van der Waals surface area contributed by atoms with Crippen LogP contribution >= 0.6 is 0 Å². The summed E-state index contributed by atoms with van der Waals surface area (Å²) in [6.45, 7) is 6.88. The van der Waals surface area contributed by atoms with Crippen LogP contribution in [0, 0.1) is 16.7 Å². The average Bonchev–Trinajstić information content (AvgIpc) is 2.26. The molecule has 0 saturated heterocycles. The minimum Gasteiger partial charge on any atom is -0.340 e. The lowest BCUT2D eigenvalue weighted by atomic mass is 9.96. The Bertz CT molecular complexity index is 437. The summed E-state index contributed by atoms with van der Waals surface area (Å²) in [6.07, 6.45) is 1.41. The molecule has 1 aromatic heterocycles. The van der Waals surface area contributed by atoms with E-state index in [4.69, 9.17) is 5.26 Å². The number of aromatic nitrogens is 1. The molecule has 1 heterocycles. The van der Waals surface area contributed by atoms with Gasteiger partial charge in [0.25, 0.3) is 5.91 Å². The van der Waals surface area contributed by atoms with Gasteiger partial charge in [0.05, 0.1) is 5.56 Å². The smallest absolute Gasteiger partial charge is 0.272 e. The Labute approximate surface area is 102 Å². The van der Waals surface area contributed by atoms with E-state index >= 15 is 0 Å². The first-order chi connectivity index (χ1) is 7.83. The zero-order valence-corrected chi connectivity index (χ0v) is 10.7. The Morgan fingerprint density at radius 3 is 2.53 bits per heavy atom. The fourth-order valence-corrected chi connectivity index (χ4v) is 1.57. The molecule has 0 aliphatic carbocycles. The molecule has 0 aromatic carbocycles. The van der Waals surface area contributed by atoms with Crippen molar-refractivity contribution in [2.45, 2.75) is 20.8 Å². The standard InChI is InChI=1S/C13H17N3O/c1-13(2,3)9-16(4)12(17)11-6-5-10(7-14)8-15-11/h5-6,8H,9H2,1-4H3. The fraction of sp³-hybridized carbons (Fsp3) is 0.462. The topological polar surface area (TPSA) is 57.0 Å². The van der Waals surface area contributed by atoms with E-state index in [1.54, 1.807) is 24.1 Å². The maximum Gasteiger partial charge on any atom is 0.272 e. The van der Waals surface area contributed by atoms with E-state index < -0.39 is 0 Å². The van der Waals surface area contributed by atoms with E-state index in [9.17, 15) is 4.79 Å². The van der Waals surface area contributed by atoms with Crippen LogP contribution in [0.5, 0.6) is 0 Å². The number of hydrogen-bond acceptors (Lipinski definition) is 3. The zero-order valence-electron chi connectivity index (χ0n) is 10.7. The van der Waals surface area contributed by atoms with Gasteiger partial charge >= 0.3 is 0 Å². The number of amides is 1. The van der Waals surface area contributed by atoms with Crippen LogP contribution in [0.15, 0.2) is 18.3 Å². The van der Waals surface area contributed by atoms with Gasteiger partial charge in [-0.2, -0.15) is 5.26 Å². The lowest BCUT2D eigenvalue weighted by Crippen LogP contribution is -2.34. The number of hydrogen-bond donors (Lipinski definition) is 0. The van der Waals surface area contributed by atoms with Gasteiger partial charge in [0.15, 0.2) is 0 Å². The van der Waals surface area contributed by atoms with Gasteiger partial charge in [-0.25, -0.2) is 4.98 Å². The Morgan fingerprint density at radius 2 is 2.12 bits per heavy atom. The molecule has 0 saturated carbocycles. The first kappa shape index (κ1) is 13.2. The van der Waals surface area contributed by atoms with E-state index in [2.05, 4.69) is 25.8 Å². The van der Waals surface area contributed by atoms with Crippen molar-refractivity contribution < 1.29 is 4.79 Å². The van der Waals surface area contributed by atoms with Crippen molar-refractivity contribution in [3.63, 3.8) is 0 Å². The Hall–Kier alpha value is -1.89. The highest BCUT2D eigenvalue weighted by Gasteiger charge is 2.19.